The number of halogens is 1. The summed E-state index contributed by atoms with van der Waals surface area (Å²) in [6, 6.07) is 9.54. The van der Waals surface area contributed by atoms with Crippen molar-refractivity contribution >= 4 is 34.7 Å². The van der Waals surface area contributed by atoms with Gasteiger partial charge in [0.1, 0.15) is 17.2 Å². The van der Waals surface area contributed by atoms with Gasteiger partial charge < -0.3 is 25.8 Å². The Kier molecular flexibility index (Phi) is 4.95. The number of hydrogen-bond acceptors (Lipinski definition) is 4. The van der Waals surface area contributed by atoms with Gasteiger partial charge in [0.05, 0.1) is 24.9 Å². The average Bonchev–Trinajstić information content (AvgIpc) is 2.50. The van der Waals surface area contributed by atoms with Crippen LogP contribution < -0.4 is 25.8 Å². The van der Waals surface area contributed by atoms with Gasteiger partial charge in [-0.1, -0.05) is 17.7 Å². The monoisotopic (exact) mass is 321 g/mol. The van der Waals surface area contributed by atoms with Crippen molar-refractivity contribution in [1.29, 1.82) is 0 Å². The van der Waals surface area contributed by atoms with Gasteiger partial charge in [0.15, 0.2) is 0 Å². The second-order valence-corrected chi connectivity index (χ2v) is 4.76. The molecule has 22 heavy (non-hydrogen) atoms. The topological polar surface area (TPSA) is 85.6 Å². The van der Waals surface area contributed by atoms with E-state index in [1.54, 1.807) is 36.4 Å². The van der Waals surface area contributed by atoms with E-state index in [1.165, 1.54) is 14.2 Å². The molecule has 0 aliphatic rings. The van der Waals surface area contributed by atoms with E-state index in [4.69, 9.17) is 26.8 Å². The molecule has 2 amide bonds. The summed E-state index contributed by atoms with van der Waals surface area (Å²) < 4.78 is 10.4. The quantitative estimate of drug-likeness (QED) is 0.751. The van der Waals surface area contributed by atoms with Crippen molar-refractivity contribution in [3.8, 4) is 11.5 Å². The van der Waals surface area contributed by atoms with Crippen molar-refractivity contribution in [3.05, 3.63) is 41.4 Å². The number of urea groups is 1. The van der Waals surface area contributed by atoms with Crippen LogP contribution in [0.25, 0.3) is 0 Å². The Morgan fingerprint density at radius 1 is 1.09 bits per heavy atom. The number of nitrogens with two attached hydrogens (primary N) is 1. The molecule has 0 radical (unpaired) electrons. The number of anilines is 3. The van der Waals surface area contributed by atoms with E-state index in [-0.39, 0.29) is 0 Å². The fourth-order valence-corrected chi connectivity index (χ4v) is 2.11. The van der Waals surface area contributed by atoms with Gasteiger partial charge in [0.2, 0.25) is 0 Å². The summed E-state index contributed by atoms with van der Waals surface area (Å²) in [5.41, 5.74) is 7.00. The Bertz CT molecular complexity index is 669. The molecule has 0 spiro atoms. The van der Waals surface area contributed by atoms with E-state index in [0.717, 1.165) is 0 Å². The SMILES string of the molecule is COc1cccc(OC)c1NC(=O)Nc1ccc(N)cc1Cl. The standard InChI is InChI=1S/C15H16ClN3O3/c1-21-12-4-3-5-13(22-2)14(12)19-15(20)18-11-7-6-9(17)8-10(11)16/h3-8H,17H2,1-2H3,(H2,18,19,20). The molecule has 4 N–H and O–H groups in total. The number of carbonyl (C=O) groups excluding carboxylic acids is 1. The van der Waals surface area contributed by atoms with Crippen LogP contribution in [-0.4, -0.2) is 20.3 Å². The number of ether oxygens (including phenoxy) is 2. The number of rotatable bonds is 4. The zero-order chi connectivity index (χ0) is 16.1. The zero-order valence-electron chi connectivity index (χ0n) is 12.1. The number of para-hydroxylation sites is 1. The smallest absolute Gasteiger partial charge is 0.323 e. The summed E-state index contributed by atoms with van der Waals surface area (Å²) >= 11 is 6.02. The molecule has 6 nitrogen and oxygen atoms in total. The van der Waals surface area contributed by atoms with Crippen molar-refractivity contribution < 1.29 is 14.3 Å². The molecule has 0 fully saturated rings. The predicted molar refractivity (Wildman–Crippen MR) is 88.1 cm³/mol. The molecule has 116 valence electrons. The van der Waals surface area contributed by atoms with Crippen LogP contribution in [0.5, 0.6) is 11.5 Å². The van der Waals surface area contributed by atoms with Gasteiger partial charge in [0, 0.05) is 5.69 Å². The number of nitrogens with one attached hydrogen (secondary N) is 2. The van der Waals surface area contributed by atoms with Crippen LogP contribution >= 0.6 is 11.6 Å². The minimum Gasteiger partial charge on any atom is -0.494 e. The molecule has 2 aromatic carbocycles. The third-order valence-corrected chi connectivity index (χ3v) is 3.22. The molecule has 0 bridgehead atoms. The molecule has 7 heteroatoms. The van der Waals surface area contributed by atoms with E-state index in [2.05, 4.69) is 10.6 Å². The van der Waals surface area contributed by atoms with Gasteiger partial charge in [-0.05, 0) is 30.3 Å². The summed E-state index contributed by atoms with van der Waals surface area (Å²) in [5, 5.41) is 5.67. The molecular weight excluding hydrogens is 306 g/mol. The molecule has 2 rings (SSSR count). The van der Waals surface area contributed by atoms with Gasteiger partial charge in [-0.25, -0.2) is 4.79 Å². The van der Waals surface area contributed by atoms with Crippen LogP contribution in [0.15, 0.2) is 36.4 Å². The molecule has 0 aromatic heterocycles. The highest BCUT2D eigenvalue weighted by atomic mass is 35.5. The number of methoxy groups -OCH3 is 2. The zero-order valence-corrected chi connectivity index (χ0v) is 12.9. The van der Waals surface area contributed by atoms with Crippen LogP contribution in [0, 0.1) is 0 Å². The Labute approximate surface area is 133 Å². The molecule has 0 atom stereocenters. The van der Waals surface area contributed by atoms with Crippen molar-refractivity contribution in [3.63, 3.8) is 0 Å². The van der Waals surface area contributed by atoms with E-state index < -0.39 is 6.03 Å². The van der Waals surface area contributed by atoms with Gasteiger partial charge >= 0.3 is 6.03 Å². The summed E-state index contributed by atoms with van der Waals surface area (Å²) in [5.74, 6) is 0.968. The predicted octanol–water partition coefficient (Wildman–Crippen LogP) is 3.58. The third-order valence-electron chi connectivity index (χ3n) is 2.91. The maximum atomic E-state index is 12.1. The highest BCUT2D eigenvalue weighted by molar-refractivity contribution is 6.34. The van der Waals surface area contributed by atoms with Crippen molar-refractivity contribution in [2.24, 2.45) is 0 Å². The van der Waals surface area contributed by atoms with Crippen LogP contribution in [0.1, 0.15) is 0 Å². The van der Waals surface area contributed by atoms with Crippen LogP contribution in [0.4, 0.5) is 21.9 Å². The maximum Gasteiger partial charge on any atom is 0.323 e. The molecule has 0 heterocycles. The highest BCUT2D eigenvalue weighted by Crippen LogP contribution is 2.34. The molecular formula is C15H16ClN3O3. The average molecular weight is 322 g/mol. The second kappa shape index (κ2) is 6.91. The lowest BCUT2D eigenvalue weighted by Gasteiger charge is -2.15. The molecule has 0 saturated carbocycles. The molecule has 0 aliphatic carbocycles. The molecule has 0 unspecified atom stereocenters. The van der Waals surface area contributed by atoms with E-state index in [9.17, 15) is 4.79 Å². The third kappa shape index (κ3) is 3.53. The lowest BCUT2D eigenvalue weighted by atomic mass is 10.2. The Morgan fingerprint density at radius 2 is 1.73 bits per heavy atom. The number of hydrogen-bond donors (Lipinski definition) is 3. The first-order valence-electron chi connectivity index (χ1n) is 6.39. The van der Waals surface area contributed by atoms with Crippen molar-refractivity contribution in [2.75, 3.05) is 30.6 Å². The summed E-state index contributed by atoms with van der Waals surface area (Å²) in [4.78, 5) is 12.1. The maximum absolute atomic E-state index is 12.1. The Morgan fingerprint density at radius 3 is 2.27 bits per heavy atom. The number of amides is 2. The number of carbonyl (C=O) groups is 1. The summed E-state index contributed by atoms with van der Waals surface area (Å²) in [7, 11) is 3.02. The number of nitrogen functional groups attached to an aromatic ring is 1. The lowest BCUT2D eigenvalue weighted by molar-refractivity contribution is 0.262. The fraction of sp³-hybridized carbons (Fsp3) is 0.133. The molecule has 0 saturated heterocycles. The van der Waals surface area contributed by atoms with Crippen LogP contribution in [0.2, 0.25) is 5.02 Å². The molecule has 0 aliphatic heterocycles. The van der Waals surface area contributed by atoms with Crippen LogP contribution in [0.3, 0.4) is 0 Å². The first-order valence-corrected chi connectivity index (χ1v) is 6.77. The van der Waals surface area contributed by atoms with E-state index in [0.29, 0.717) is 33.6 Å². The molecule has 2 aromatic rings. The van der Waals surface area contributed by atoms with Gasteiger partial charge in [-0.3, -0.25) is 0 Å². The first-order chi connectivity index (χ1) is 10.5. The number of benzene rings is 2. The van der Waals surface area contributed by atoms with E-state index >= 15 is 0 Å². The summed E-state index contributed by atoms with van der Waals surface area (Å²) in [6.07, 6.45) is 0. The van der Waals surface area contributed by atoms with Gasteiger partial charge in [-0.2, -0.15) is 0 Å². The van der Waals surface area contributed by atoms with Crippen LogP contribution in [-0.2, 0) is 0 Å². The minimum atomic E-state index is -0.477. The van der Waals surface area contributed by atoms with Gasteiger partial charge in [-0.15, -0.1) is 0 Å². The van der Waals surface area contributed by atoms with Crippen molar-refractivity contribution in [1.82, 2.24) is 0 Å². The second-order valence-electron chi connectivity index (χ2n) is 4.36. The van der Waals surface area contributed by atoms with Gasteiger partial charge in [0.25, 0.3) is 0 Å². The normalized spacial score (nSPS) is 9.95. The Balaban J connectivity index is 2.19. The summed E-state index contributed by atoms with van der Waals surface area (Å²) in [6.45, 7) is 0. The van der Waals surface area contributed by atoms with E-state index in [1.807, 2.05) is 0 Å². The van der Waals surface area contributed by atoms with Crippen molar-refractivity contribution in [2.45, 2.75) is 0 Å². The Hall–Kier alpha value is -2.60. The first kappa shape index (κ1) is 15.8. The minimum absolute atomic E-state index is 0.349. The highest BCUT2D eigenvalue weighted by Gasteiger charge is 2.14. The lowest BCUT2D eigenvalue weighted by Crippen LogP contribution is -2.20. The fourth-order valence-electron chi connectivity index (χ4n) is 1.87. The largest absolute Gasteiger partial charge is 0.494 e.